The van der Waals surface area contributed by atoms with Gasteiger partial charge in [-0.3, -0.25) is 4.98 Å². The molecule has 0 atom stereocenters. The quantitative estimate of drug-likeness (QED) is 0.754. The van der Waals surface area contributed by atoms with Gasteiger partial charge in [0.25, 0.3) is 0 Å². The SMILES string of the molecule is Oc1ccc(F)cc1-c1ccccc1/C=C/c1ccncc1. The molecule has 22 heavy (non-hydrogen) atoms. The van der Waals surface area contributed by atoms with Crippen molar-refractivity contribution in [1.82, 2.24) is 4.98 Å². The summed E-state index contributed by atoms with van der Waals surface area (Å²) in [5, 5.41) is 10.00. The van der Waals surface area contributed by atoms with Crippen LogP contribution in [0.1, 0.15) is 11.1 Å². The van der Waals surface area contributed by atoms with Gasteiger partial charge in [0.15, 0.2) is 0 Å². The van der Waals surface area contributed by atoms with E-state index in [1.54, 1.807) is 12.4 Å². The van der Waals surface area contributed by atoms with Crippen LogP contribution in [0.5, 0.6) is 5.75 Å². The summed E-state index contributed by atoms with van der Waals surface area (Å²) < 4.78 is 13.5. The van der Waals surface area contributed by atoms with Gasteiger partial charge in [0.1, 0.15) is 11.6 Å². The zero-order valence-electron chi connectivity index (χ0n) is 11.8. The topological polar surface area (TPSA) is 33.1 Å². The van der Waals surface area contributed by atoms with Gasteiger partial charge in [0, 0.05) is 18.0 Å². The molecule has 3 rings (SSSR count). The molecule has 0 saturated carbocycles. The van der Waals surface area contributed by atoms with E-state index >= 15 is 0 Å². The number of rotatable bonds is 3. The summed E-state index contributed by atoms with van der Waals surface area (Å²) in [7, 11) is 0. The van der Waals surface area contributed by atoms with Crippen LogP contribution in [0.25, 0.3) is 23.3 Å². The number of phenolic OH excluding ortho intramolecular Hbond substituents is 1. The third kappa shape index (κ3) is 3.04. The monoisotopic (exact) mass is 291 g/mol. The first kappa shape index (κ1) is 14.0. The molecule has 3 aromatic rings. The van der Waals surface area contributed by atoms with Gasteiger partial charge < -0.3 is 5.11 Å². The van der Waals surface area contributed by atoms with Crippen LogP contribution in [0, 0.1) is 5.82 Å². The number of halogens is 1. The lowest BCUT2D eigenvalue weighted by Gasteiger charge is -2.08. The van der Waals surface area contributed by atoms with Crippen LogP contribution >= 0.6 is 0 Å². The van der Waals surface area contributed by atoms with E-state index in [0.717, 1.165) is 16.7 Å². The summed E-state index contributed by atoms with van der Waals surface area (Å²) in [5.74, 6) is -0.313. The molecular weight excluding hydrogens is 277 g/mol. The number of pyridine rings is 1. The highest BCUT2D eigenvalue weighted by atomic mass is 19.1. The highest BCUT2D eigenvalue weighted by Crippen LogP contribution is 2.33. The van der Waals surface area contributed by atoms with E-state index in [0.29, 0.717) is 5.56 Å². The highest BCUT2D eigenvalue weighted by Gasteiger charge is 2.08. The van der Waals surface area contributed by atoms with Crippen LogP contribution in [-0.4, -0.2) is 10.1 Å². The molecule has 0 unspecified atom stereocenters. The predicted molar refractivity (Wildman–Crippen MR) is 86.7 cm³/mol. The van der Waals surface area contributed by atoms with E-state index in [1.165, 1.54) is 18.2 Å². The van der Waals surface area contributed by atoms with Gasteiger partial charge in [-0.05, 0) is 47.0 Å². The molecule has 0 saturated heterocycles. The number of aromatic nitrogens is 1. The van der Waals surface area contributed by atoms with Crippen molar-refractivity contribution < 1.29 is 9.50 Å². The Hall–Kier alpha value is -2.94. The van der Waals surface area contributed by atoms with Crippen LogP contribution in [-0.2, 0) is 0 Å². The lowest BCUT2D eigenvalue weighted by molar-refractivity contribution is 0.475. The van der Waals surface area contributed by atoms with Gasteiger partial charge >= 0.3 is 0 Å². The first-order valence-electron chi connectivity index (χ1n) is 6.90. The predicted octanol–water partition coefficient (Wildman–Crippen LogP) is 4.76. The van der Waals surface area contributed by atoms with E-state index in [-0.39, 0.29) is 11.6 Å². The minimum absolute atomic E-state index is 0.0613. The fourth-order valence-corrected chi connectivity index (χ4v) is 2.27. The zero-order chi connectivity index (χ0) is 15.4. The van der Waals surface area contributed by atoms with Crippen LogP contribution in [0.2, 0.25) is 0 Å². The largest absolute Gasteiger partial charge is 0.507 e. The van der Waals surface area contributed by atoms with Crippen LogP contribution in [0.4, 0.5) is 4.39 Å². The Kier molecular flexibility index (Phi) is 3.97. The van der Waals surface area contributed by atoms with Crippen LogP contribution in [0.15, 0.2) is 67.0 Å². The van der Waals surface area contributed by atoms with E-state index < -0.39 is 0 Å². The lowest BCUT2D eigenvalue weighted by Crippen LogP contribution is -1.85. The number of hydrogen-bond acceptors (Lipinski definition) is 2. The summed E-state index contributed by atoms with van der Waals surface area (Å²) in [6.07, 6.45) is 7.35. The summed E-state index contributed by atoms with van der Waals surface area (Å²) in [6.45, 7) is 0. The molecule has 0 aliphatic carbocycles. The van der Waals surface area contributed by atoms with Gasteiger partial charge in [-0.25, -0.2) is 4.39 Å². The maximum atomic E-state index is 13.5. The molecule has 1 N–H and O–H groups in total. The minimum atomic E-state index is -0.374. The molecule has 108 valence electrons. The molecule has 3 heteroatoms. The van der Waals surface area contributed by atoms with Crippen molar-refractivity contribution in [3.05, 3.63) is 83.9 Å². The maximum Gasteiger partial charge on any atom is 0.124 e. The molecule has 0 spiro atoms. The first-order valence-corrected chi connectivity index (χ1v) is 6.90. The molecule has 0 fully saturated rings. The molecule has 2 nitrogen and oxygen atoms in total. The van der Waals surface area contributed by atoms with Gasteiger partial charge in [-0.2, -0.15) is 0 Å². The highest BCUT2D eigenvalue weighted by molar-refractivity contribution is 5.83. The van der Waals surface area contributed by atoms with Crippen molar-refractivity contribution >= 4 is 12.2 Å². The number of hydrogen-bond donors (Lipinski definition) is 1. The summed E-state index contributed by atoms with van der Waals surface area (Å²) >= 11 is 0. The second kappa shape index (κ2) is 6.22. The van der Waals surface area contributed by atoms with Crippen molar-refractivity contribution in [2.75, 3.05) is 0 Å². The molecule has 1 aromatic heterocycles. The number of aromatic hydroxyl groups is 1. The standard InChI is InChI=1S/C19H14FNO/c20-16-7-8-19(22)18(13-16)17-4-2-1-3-15(17)6-5-14-9-11-21-12-10-14/h1-13,22H/b6-5+. The van der Waals surface area contributed by atoms with Crippen molar-refractivity contribution in [3.8, 4) is 16.9 Å². The molecule has 0 amide bonds. The normalized spacial score (nSPS) is 11.0. The third-order valence-electron chi connectivity index (χ3n) is 3.37. The van der Waals surface area contributed by atoms with Crippen LogP contribution in [0.3, 0.4) is 0 Å². The number of nitrogens with zero attached hydrogens (tertiary/aromatic N) is 1. The van der Waals surface area contributed by atoms with Gasteiger partial charge in [0.05, 0.1) is 0 Å². The van der Waals surface area contributed by atoms with Crippen LogP contribution < -0.4 is 0 Å². The molecule has 0 aliphatic rings. The Bertz CT molecular complexity index is 813. The van der Waals surface area contributed by atoms with Crippen molar-refractivity contribution in [3.63, 3.8) is 0 Å². The molecular formula is C19H14FNO. The summed E-state index contributed by atoms with van der Waals surface area (Å²) in [4.78, 5) is 3.98. The smallest absolute Gasteiger partial charge is 0.124 e. The van der Waals surface area contributed by atoms with Crippen molar-refractivity contribution in [2.45, 2.75) is 0 Å². The molecule has 0 aliphatic heterocycles. The van der Waals surface area contributed by atoms with Gasteiger partial charge in [0.2, 0.25) is 0 Å². The van der Waals surface area contributed by atoms with E-state index in [9.17, 15) is 9.50 Å². The molecule has 1 heterocycles. The van der Waals surface area contributed by atoms with E-state index in [1.807, 2.05) is 48.6 Å². The average molecular weight is 291 g/mol. The van der Waals surface area contributed by atoms with E-state index in [4.69, 9.17) is 0 Å². The maximum absolute atomic E-state index is 13.5. The summed E-state index contributed by atoms with van der Waals surface area (Å²) in [5.41, 5.74) is 3.19. The Morgan fingerprint density at radius 3 is 2.45 bits per heavy atom. The lowest BCUT2D eigenvalue weighted by atomic mass is 9.98. The third-order valence-corrected chi connectivity index (χ3v) is 3.37. The molecule has 2 aromatic carbocycles. The first-order chi connectivity index (χ1) is 10.7. The second-order valence-corrected chi connectivity index (χ2v) is 4.86. The Balaban J connectivity index is 2.04. The fraction of sp³-hybridized carbons (Fsp3) is 0. The molecule has 0 bridgehead atoms. The Morgan fingerprint density at radius 2 is 1.64 bits per heavy atom. The summed E-state index contributed by atoms with van der Waals surface area (Å²) in [6, 6.07) is 15.3. The zero-order valence-corrected chi connectivity index (χ0v) is 11.8. The second-order valence-electron chi connectivity index (χ2n) is 4.86. The fourth-order valence-electron chi connectivity index (χ4n) is 2.27. The van der Waals surface area contributed by atoms with Gasteiger partial charge in [-0.1, -0.05) is 36.4 Å². The minimum Gasteiger partial charge on any atom is -0.507 e. The number of phenols is 1. The Labute approximate surface area is 128 Å². The van der Waals surface area contributed by atoms with Gasteiger partial charge in [-0.15, -0.1) is 0 Å². The Morgan fingerprint density at radius 1 is 0.864 bits per heavy atom. The average Bonchev–Trinajstić information content (AvgIpc) is 2.56. The van der Waals surface area contributed by atoms with E-state index in [2.05, 4.69) is 4.98 Å². The van der Waals surface area contributed by atoms with Crippen molar-refractivity contribution in [1.29, 1.82) is 0 Å². The van der Waals surface area contributed by atoms with Crippen molar-refractivity contribution in [2.24, 2.45) is 0 Å². The number of benzene rings is 2. The molecule has 0 radical (unpaired) electrons.